The van der Waals surface area contributed by atoms with Crippen molar-refractivity contribution < 1.29 is 36.3 Å². The predicted molar refractivity (Wildman–Crippen MR) is 49.9 cm³/mol. The third kappa shape index (κ3) is 4.84. The van der Waals surface area contributed by atoms with Crippen LogP contribution in [-0.4, -0.2) is 36.6 Å². The number of carbonyl (C=O) groups excluding carboxylic acids is 2. The standard InChI is InChI=1S/C9H12F5NO3/c1-5(2)18-6(16)3-4-15-7(17)8(10,11)9(12,13)14/h5H,3-4H2,1-2H3,(H,15,17). The van der Waals surface area contributed by atoms with Gasteiger partial charge in [-0.2, -0.15) is 22.0 Å². The molecule has 0 heterocycles. The number of halogens is 5. The summed E-state index contributed by atoms with van der Waals surface area (Å²) in [5, 5.41) is 1.32. The monoisotopic (exact) mass is 277 g/mol. The molecule has 0 aromatic carbocycles. The number of ether oxygens (including phenoxy) is 1. The van der Waals surface area contributed by atoms with Crippen LogP contribution in [0, 0.1) is 0 Å². The van der Waals surface area contributed by atoms with Gasteiger partial charge < -0.3 is 10.1 Å². The summed E-state index contributed by atoms with van der Waals surface area (Å²) in [4.78, 5) is 21.5. The smallest absolute Gasteiger partial charge is 0.463 e. The average molecular weight is 277 g/mol. The van der Waals surface area contributed by atoms with Crippen LogP contribution in [0.2, 0.25) is 0 Å². The summed E-state index contributed by atoms with van der Waals surface area (Å²) in [6.45, 7) is 2.42. The second-order valence-corrected chi connectivity index (χ2v) is 3.62. The van der Waals surface area contributed by atoms with E-state index in [1.807, 2.05) is 0 Å². The van der Waals surface area contributed by atoms with Gasteiger partial charge in [0.2, 0.25) is 0 Å². The molecule has 0 saturated carbocycles. The van der Waals surface area contributed by atoms with Crippen molar-refractivity contribution in [2.24, 2.45) is 0 Å². The van der Waals surface area contributed by atoms with Gasteiger partial charge in [0.25, 0.3) is 5.91 Å². The molecular formula is C9H12F5NO3. The van der Waals surface area contributed by atoms with Gasteiger partial charge in [-0.15, -0.1) is 0 Å². The summed E-state index contributed by atoms with van der Waals surface area (Å²) in [5.41, 5.74) is 0. The van der Waals surface area contributed by atoms with E-state index in [1.54, 1.807) is 0 Å². The molecule has 0 bridgehead atoms. The van der Waals surface area contributed by atoms with Crippen molar-refractivity contribution in [1.82, 2.24) is 5.32 Å². The molecule has 0 rings (SSSR count). The van der Waals surface area contributed by atoms with Crippen molar-refractivity contribution in [2.75, 3.05) is 6.54 Å². The topological polar surface area (TPSA) is 55.4 Å². The van der Waals surface area contributed by atoms with Crippen molar-refractivity contribution >= 4 is 11.9 Å². The van der Waals surface area contributed by atoms with Gasteiger partial charge >= 0.3 is 18.1 Å². The van der Waals surface area contributed by atoms with Gasteiger partial charge in [-0.3, -0.25) is 9.59 Å². The molecule has 0 spiro atoms. The van der Waals surface area contributed by atoms with Crippen LogP contribution in [0.5, 0.6) is 0 Å². The highest BCUT2D eigenvalue weighted by molar-refractivity contribution is 5.84. The maximum absolute atomic E-state index is 12.4. The van der Waals surface area contributed by atoms with E-state index >= 15 is 0 Å². The summed E-state index contributed by atoms with van der Waals surface area (Å²) in [5.74, 6) is -8.78. The van der Waals surface area contributed by atoms with Gasteiger partial charge in [0.1, 0.15) is 0 Å². The fraction of sp³-hybridized carbons (Fsp3) is 0.778. The van der Waals surface area contributed by atoms with Crippen molar-refractivity contribution in [3.63, 3.8) is 0 Å². The molecule has 1 N–H and O–H groups in total. The van der Waals surface area contributed by atoms with E-state index in [2.05, 4.69) is 4.74 Å². The van der Waals surface area contributed by atoms with Crippen LogP contribution in [0.1, 0.15) is 20.3 Å². The maximum Gasteiger partial charge on any atom is 0.463 e. The van der Waals surface area contributed by atoms with E-state index in [-0.39, 0.29) is 0 Å². The molecule has 0 saturated heterocycles. The number of hydrogen-bond donors (Lipinski definition) is 1. The summed E-state index contributed by atoms with van der Waals surface area (Å²) in [6, 6.07) is 0. The van der Waals surface area contributed by atoms with Crippen LogP contribution in [0.4, 0.5) is 22.0 Å². The Labute approximate surface area is 99.5 Å². The summed E-state index contributed by atoms with van der Waals surface area (Å²) < 4.78 is 64.6. The molecule has 0 fully saturated rings. The van der Waals surface area contributed by atoms with Crippen LogP contribution in [0.25, 0.3) is 0 Å². The third-order valence-electron chi connectivity index (χ3n) is 1.62. The van der Waals surface area contributed by atoms with Crippen LogP contribution < -0.4 is 5.32 Å². The first-order valence-electron chi connectivity index (χ1n) is 4.90. The molecule has 0 aromatic rings. The molecule has 0 aliphatic carbocycles. The zero-order chi connectivity index (χ0) is 14.6. The first-order valence-corrected chi connectivity index (χ1v) is 4.90. The first-order chi connectivity index (χ1) is 7.98. The molecule has 0 unspecified atom stereocenters. The Balaban J connectivity index is 4.17. The molecule has 106 valence electrons. The average Bonchev–Trinajstić information content (AvgIpc) is 2.14. The van der Waals surface area contributed by atoms with Crippen LogP contribution in [0.3, 0.4) is 0 Å². The number of nitrogens with one attached hydrogen (secondary N) is 1. The highest BCUT2D eigenvalue weighted by atomic mass is 19.4. The normalized spacial score (nSPS) is 12.4. The minimum atomic E-state index is -5.96. The van der Waals surface area contributed by atoms with E-state index in [9.17, 15) is 31.5 Å². The Morgan fingerprint density at radius 1 is 1.17 bits per heavy atom. The van der Waals surface area contributed by atoms with E-state index in [4.69, 9.17) is 0 Å². The molecule has 0 aliphatic rings. The fourth-order valence-corrected chi connectivity index (χ4v) is 0.840. The van der Waals surface area contributed by atoms with E-state index in [0.717, 1.165) is 0 Å². The van der Waals surface area contributed by atoms with Crippen LogP contribution >= 0.6 is 0 Å². The zero-order valence-corrected chi connectivity index (χ0v) is 9.61. The summed E-state index contributed by atoms with van der Waals surface area (Å²) >= 11 is 0. The van der Waals surface area contributed by atoms with Gasteiger partial charge in [-0.05, 0) is 13.8 Å². The van der Waals surface area contributed by atoms with Gasteiger partial charge in [0.15, 0.2) is 0 Å². The molecule has 0 aliphatic heterocycles. The van der Waals surface area contributed by atoms with Gasteiger partial charge in [0.05, 0.1) is 12.5 Å². The lowest BCUT2D eigenvalue weighted by atomic mass is 10.3. The van der Waals surface area contributed by atoms with Crippen molar-refractivity contribution in [2.45, 2.75) is 38.5 Å². The molecule has 1 amide bonds. The number of carbonyl (C=O) groups is 2. The lowest BCUT2D eigenvalue weighted by Gasteiger charge is -2.18. The molecular weight excluding hydrogens is 265 g/mol. The second kappa shape index (κ2) is 5.96. The lowest BCUT2D eigenvalue weighted by Crippen LogP contribution is -2.50. The minimum absolute atomic E-state index is 0.440. The Morgan fingerprint density at radius 2 is 1.67 bits per heavy atom. The summed E-state index contributed by atoms with van der Waals surface area (Å²) in [6.07, 6.45) is -6.89. The largest absolute Gasteiger partial charge is 0.463 e. The number of hydrogen-bond acceptors (Lipinski definition) is 3. The third-order valence-corrected chi connectivity index (χ3v) is 1.62. The molecule has 9 heteroatoms. The van der Waals surface area contributed by atoms with Crippen molar-refractivity contribution in [3.8, 4) is 0 Å². The van der Waals surface area contributed by atoms with Crippen molar-refractivity contribution in [1.29, 1.82) is 0 Å². The summed E-state index contributed by atoms with van der Waals surface area (Å²) in [7, 11) is 0. The zero-order valence-electron chi connectivity index (χ0n) is 9.61. The fourth-order valence-electron chi connectivity index (χ4n) is 0.840. The number of esters is 1. The van der Waals surface area contributed by atoms with Crippen molar-refractivity contribution in [3.05, 3.63) is 0 Å². The SMILES string of the molecule is CC(C)OC(=O)CCNC(=O)C(F)(F)C(F)(F)F. The first kappa shape index (κ1) is 16.6. The highest BCUT2D eigenvalue weighted by Crippen LogP contribution is 2.35. The van der Waals surface area contributed by atoms with E-state index in [0.29, 0.717) is 0 Å². The Bertz CT molecular complexity index is 314. The number of alkyl halides is 5. The van der Waals surface area contributed by atoms with Gasteiger partial charge in [-0.25, -0.2) is 0 Å². The van der Waals surface area contributed by atoms with Gasteiger partial charge in [-0.1, -0.05) is 0 Å². The minimum Gasteiger partial charge on any atom is -0.463 e. The Morgan fingerprint density at radius 3 is 2.06 bits per heavy atom. The highest BCUT2D eigenvalue weighted by Gasteiger charge is 2.63. The Kier molecular flexibility index (Phi) is 5.50. The molecule has 0 atom stereocenters. The number of amides is 1. The quantitative estimate of drug-likeness (QED) is 0.614. The maximum atomic E-state index is 12.4. The van der Waals surface area contributed by atoms with Gasteiger partial charge in [0, 0.05) is 6.54 Å². The second-order valence-electron chi connectivity index (χ2n) is 3.62. The number of rotatable bonds is 5. The van der Waals surface area contributed by atoms with E-state index in [1.165, 1.54) is 19.2 Å². The molecule has 0 aromatic heterocycles. The lowest BCUT2D eigenvalue weighted by molar-refractivity contribution is -0.269. The molecule has 0 radical (unpaired) electrons. The molecule has 18 heavy (non-hydrogen) atoms. The predicted octanol–water partition coefficient (Wildman–Crippen LogP) is 1.64. The van der Waals surface area contributed by atoms with E-state index < -0.39 is 43.0 Å². The van der Waals surface area contributed by atoms with Crippen LogP contribution in [-0.2, 0) is 14.3 Å². The van der Waals surface area contributed by atoms with Crippen LogP contribution in [0.15, 0.2) is 0 Å². The molecule has 4 nitrogen and oxygen atoms in total. The Hall–Kier alpha value is -1.41.